The molecule has 0 aliphatic heterocycles. The van der Waals surface area contributed by atoms with Gasteiger partial charge in [-0.05, 0) is 12.8 Å². The molecular weight excluding hydrogens is 311 g/mol. The van der Waals surface area contributed by atoms with Gasteiger partial charge >= 0.3 is 6.72 Å². The molecule has 0 aromatic carbocycles. The van der Waals surface area contributed by atoms with E-state index in [1.807, 2.05) is 0 Å². The molecule has 0 amide bonds. The maximum Gasteiger partial charge on any atom is 0.381 e. The van der Waals surface area contributed by atoms with Crippen molar-refractivity contribution in [1.82, 2.24) is 10.2 Å². The summed E-state index contributed by atoms with van der Waals surface area (Å²) in [4.78, 5) is 0. The molecule has 0 aliphatic rings. The standard InChI is InChI=1S/C13H23N2O4PS/c1-4-6-10-17-20(21,18-11-7-5-2)19-13-9-8-12(16-3)14-15-13/h8-9H,4-7,10-11H2,1-3H3. The van der Waals surface area contributed by atoms with Gasteiger partial charge in [-0.1, -0.05) is 26.7 Å². The Kier molecular flexibility index (Phi) is 8.76. The van der Waals surface area contributed by atoms with Crippen LogP contribution in [-0.4, -0.2) is 30.5 Å². The van der Waals surface area contributed by atoms with Gasteiger partial charge in [0.2, 0.25) is 11.8 Å². The fourth-order valence-corrected chi connectivity index (χ4v) is 3.20. The quantitative estimate of drug-likeness (QED) is 0.451. The number of methoxy groups -OCH3 is 1. The molecule has 120 valence electrons. The second-order valence-corrected chi connectivity index (χ2v) is 7.26. The molecule has 0 bridgehead atoms. The molecule has 0 atom stereocenters. The van der Waals surface area contributed by atoms with Crippen LogP contribution in [0, 0.1) is 0 Å². The highest BCUT2D eigenvalue weighted by molar-refractivity contribution is 8.07. The summed E-state index contributed by atoms with van der Waals surface area (Å²) in [7, 11) is 1.52. The first kappa shape index (κ1) is 18.3. The molecular formula is C13H23N2O4PS. The van der Waals surface area contributed by atoms with E-state index in [1.54, 1.807) is 12.1 Å². The monoisotopic (exact) mass is 334 g/mol. The van der Waals surface area contributed by atoms with E-state index >= 15 is 0 Å². The van der Waals surface area contributed by atoms with Crippen LogP contribution in [0.3, 0.4) is 0 Å². The fourth-order valence-electron chi connectivity index (χ4n) is 1.31. The summed E-state index contributed by atoms with van der Waals surface area (Å²) in [6.07, 6.45) is 3.86. The molecule has 0 saturated heterocycles. The predicted molar refractivity (Wildman–Crippen MR) is 85.2 cm³/mol. The van der Waals surface area contributed by atoms with Crippen LogP contribution in [-0.2, 0) is 20.9 Å². The van der Waals surface area contributed by atoms with Crippen molar-refractivity contribution in [2.75, 3.05) is 20.3 Å². The van der Waals surface area contributed by atoms with Gasteiger partial charge in [0, 0.05) is 23.9 Å². The molecule has 0 fully saturated rings. The first-order valence-electron chi connectivity index (χ1n) is 7.10. The summed E-state index contributed by atoms with van der Waals surface area (Å²) in [5.74, 6) is 0.696. The van der Waals surface area contributed by atoms with E-state index in [0.717, 1.165) is 25.7 Å². The first-order valence-corrected chi connectivity index (χ1v) is 9.65. The lowest BCUT2D eigenvalue weighted by atomic mass is 10.4. The zero-order chi connectivity index (χ0) is 15.6. The number of nitrogens with zero attached hydrogens (tertiary/aromatic N) is 2. The van der Waals surface area contributed by atoms with Crippen LogP contribution in [0.25, 0.3) is 0 Å². The largest absolute Gasteiger partial charge is 0.480 e. The Morgan fingerprint density at radius 3 is 1.95 bits per heavy atom. The van der Waals surface area contributed by atoms with Crippen molar-refractivity contribution < 1.29 is 18.3 Å². The third kappa shape index (κ3) is 7.18. The molecule has 0 aliphatic carbocycles. The summed E-state index contributed by atoms with van der Waals surface area (Å²) >= 11 is 5.42. The van der Waals surface area contributed by atoms with Crippen LogP contribution in [0.2, 0.25) is 0 Å². The number of rotatable bonds is 11. The number of hydrogen-bond acceptors (Lipinski definition) is 7. The molecule has 1 heterocycles. The maximum atomic E-state index is 5.66. The minimum absolute atomic E-state index is 0.284. The lowest BCUT2D eigenvalue weighted by Crippen LogP contribution is -2.06. The van der Waals surface area contributed by atoms with Crippen molar-refractivity contribution in [3.63, 3.8) is 0 Å². The van der Waals surface area contributed by atoms with Gasteiger partial charge in [-0.15, -0.1) is 10.2 Å². The average Bonchev–Trinajstić information content (AvgIpc) is 2.48. The Morgan fingerprint density at radius 1 is 1.00 bits per heavy atom. The second-order valence-electron chi connectivity index (χ2n) is 4.33. The van der Waals surface area contributed by atoms with E-state index in [0.29, 0.717) is 19.1 Å². The predicted octanol–water partition coefficient (Wildman–Crippen LogP) is 3.72. The Balaban J connectivity index is 2.66. The highest BCUT2D eigenvalue weighted by Gasteiger charge is 2.23. The molecule has 1 rings (SSSR count). The van der Waals surface area contributed by atoms with Gasteiger partial charge in [0.1, 0.15) is 0 Å². The smallest absolute Gasteiger partial charge is 0.381 e. The molecule has 0 unspecified atom stereocenters. The molecule has 0 saturated carbocycles. The summed E-state index contributed by atoms with van der Waals surface area (Å²) in [5, 5.41) is 7.73. The molecule has 8 heteroatoms. The molecule has 1 aromatic heterocycles. The summed E-state index contributed by atoms with van der Waals surface area (Å²) < 4.78 is 21.9. The minimum Gasteiger partial charge on any atom is -0.480 e. The normalized spacial score (nSPS) is 11.4. The van der Waals surface area contributed by atoms with Gasteiger partial charge in [-0.3, -0.25) is 9.05 Å². The van der Waals surface area contributed by atoms with Crippen LogP contribution in [0.1, 0.15) is 39.5 Å². The number of unbranched alkanes of at least 4 members (excludes halogenated alkanes) is 2. The van der Waals surface area contributed by atoms with E-state index in [4.69, 9.17) is 30.1 Å². The second kappa shape index (κ2) is 10.1. The van der Waals surface area contributed by atoms with Crippen LogP contribution in [0.5, 0.6) is 11.8 Å². The highest BCUT2D eigenvalue weighted by atomic mass is 32.5. The number of aromatic nitrogens is 2. The zero-order valence-electron chi connectivity index (χ0n) is 12.8. The minimum atomic E-state index is -2.83. The molecule has 0 spiro atoms. The van der Waals surface area contributed by atoms with Crippen molar-refractivity contribution in [1.29, 1.82) is 0 Å². The Labute approximate surface area is 131 Å². The number of ether oxygens (including phenoxy) is 1. The van der Waals surface area contributed by atoms with Crippen molar-refractivity contribution in [3.05, 3.63) is 12.1 Å². The van der Waals surface area contributed by atoms with Gasteiger partial charge in [-0.2, -0.15) is 0 Å². The third-order valence-electron chi connectivity index (χ3n) is 2.52. The lowest BCUT2D eigenvalue weighted by molar-refractivity contribution is 0.195. The molecule has 0 N–H and O–H groups in total. The first-order chi connectivity index (χ1) is 10.1. The lowest BCUT2D eigenvalue weighted by Gasteiger charge is -2.21. The van der Waals surface area contributed by atoms with Crippen molar-refractivity contribution >= 4 is 18.5 Å². The number of hydrogen-bond donors (Lipinski definition) is 0. The van der Waals surface area contributed by atoms with Gasteiger partial charge in [0.05, 0.1) is 20.3 Å². The molecule has 6 nitrogen and oxygen atoms in total. The van der Waals surface area contributed by atoms with Gasteiger partial charge in [0.25, 0.3) is 0 Å². The van der Waals surface area contributed by atoms with E-state index in [2.05, 4.69) is 24.0 Å². The van der Waals surface area contributed by atoms with Crippen LogP contribution >= 0.6 is 6.72 Å². The van der Waals surface area contributed by atoms with Gasteiger partial charge < -0.3 is 9.26 Å². The summed E-state index contributed by atoms with van der Waals surface area (Å²) in [5.41, 5.74) is 0. The van der Waals surface area contributed by atoms with Gasteiger partial charge in [0.15, 0.2) is 0 Å². The van der Waals surface area contributed by atoms with Crippen LogP contribution in [0.15, 0.2) is 12.1 Å². The van der Waals surface area contributed by atoms with Crippen molar-refractivity contribution in [3.8, 4) is 11.8 Å². The SMILES string of the molecule is CCCCOP(=S)(OCCCC)Oc1ccc(OC)nn1. The maximum absolute atomic E-state index is 5.66. The average molecular weight is 334 g/mol. The fraction of sp³-hybridized carbons (Fsp3) is 0.692. The van der Waals surface area contributed by atoms with Crippen LogP contribution in [0.4, 0.5) is 0 Å². The topological polar surface area (TPSA) is 62.7 Å². The molecule has 21 heavy (non-hydrogen) atoms. The van der Waals surface area contributed by atoms with E-state index < -0.39 is 6.72 Å². The third-order valence-corrected chi connectivity index (χ3v) is 4.79. The van der Waals surface area contributed by atoms with Crippen molar-refractivity contribution in [2.45, 2.75) is 39.5 Å². The van der Waals surface area contributed by atoms with Crippen LogP contribution < -0.4 is 9.26 Å². The Morgan fingerprint density at radius 2 is 1.52 bits per heavy atom. The Hall–Kier alpha value is -0.750. The Bertz CT molecular complexity index is 430. The van der Waals surface area contributed by atoms with E-state index in [9.17, 15) is 0 Å². The molecule has 1 aromatic rings. The van der Waals surface area contributed by atoms with E-state index in [-0.39, 0.29) is 5.88 Å². The molecule has 0 radical (unpaired) electrons. The summed E-state index contributed by atoms with van der Waals surface area (Å²) in [6, 6.07) is 3.29. The zero-order valence-corrected chi connectivity index (χ0v) is 14.5. The van der Waals surface area contributed by atoms with Crippen molar-refractivity contribution in [2.24, 2.45) is 0 Å². The summed E-state index contributed by atoms with van der Waals surface area (Å²) in [6.45, 7) is 2.37. The van der Waals surface area contributed by atoms with E-state index in [1.165, 1.54) is 7.11 Å². The van der Waals surface area contributed by atoms with Gasteiger partial charge in [-0.25, -0.2) is 0 Å². The highest BCUT2D eigenvalue weighted by Crippen LogP contribution is 2.49.